The summed E-state index contributed by atoms with van der Waals surface area (Å²) in [7, 11) is 1.78. The maximum atomic E-state index is 11.5. The molecule has 1 unspecified atom stereocenters. The van der Waals surface area contributed by atoms with E-state index in [1.165, 1.54) is 0 Å². The van der Waals surface area contributed by atoms with Gasteiger partial charge in [0.15, 0.2) is 0 Å². The highest BCUT2D eigenvalue weighted by Gasteiger charge is 2.20. The van der Waals surface area contributed by atoms with Gasteiger partial charge in [0.05, 0.1) is 0 Å². The average molecular weight is 200 g/mol. The summed E-state index contributed by atoms with van der Waals surface area (Å²) in [4.78, 5) is 13.2. The van der Waals surface area contributed by atoms with Gasteiger partial charge in [-0.3, -0.25) is 0 Å². The smallest absolute Gasteiger partial charge is 0.409 e. The van der Waals surface area contributed by atoms with Crippen LogP contribution in [0.3, 0.4) is 0 Å². The molecule has 1 rings (SSSR count). The lowest BCUT2D eigenvalue weighted by atomic mass is 10.2. The second-order valence-electron chi connectivity index (χ2n) is 4.27. The molecular formula is C10H20N2O2. The van der Waals surface area contributed by atoms with Gasteiger partial charge in [0, 0.05) is 20.1 Å². The molecule has 1 aliphatic rings. The van der Waals surface area contributed by atoms with Crippen molar-refractivity contribution >= 4 is 6.09 Å². The molecule has 0 aromatic heterocycles. The van der Waals surface area contributed by atoms with E-state index < -0.39 is 0 Å². The first-order valence-electron chi connectivity index (χ1n) is 5.22. The summed E-state index contributed by atoms with van der Waals surface area (Å²) in [5.74, 6) is 0.481. The van der Waals surface area contributed by atoms with Crippen LogP contribution in [0.5, 0.6) is 0 Å². The highest BCUT2D eigenvalue weighted by molar-refractivity contribution is 5.67. The highest BCUT2D eigenvalue weighted by atomic mass is 16.6. The minimum absolute atomic E-state index is 0.0668. The number of carbonyl (C=O) groups excluding carboxylic acids is 1. The van der Waals surface area contributed by atoms with Gasteiger partial charge in [0.1, 0.15) is 6.10 Å². The molecule has 1 atom stereocenters. The zero-order valence-electron chi connectivity index (χ0n) is 9.25. The summed E-state index contributed by atoms with van der Waals surface area (Å²) < 4.78 is 5.30. The van der Waals surface area contributed by atoms with Gasteiger partial charge in [-0.1, -0.05) is 13.8 Å². The Morgan fingerprint density at radius 2 is 2.36 bits per heavy atom. The highest BCUT2D eigenvalue weighted by Crippen LogP contribution is 2.06. The quantitative estimate of drug-likeness (QED) is 0.741. The molecule has 1 heterocycles. The van der Waals surface area contributed by atoms with E-state index in [1.54, 1.807) is 11.9 Å². The van der Waals surface area contributed by atoms with E-state index in [0.717, 1.165) is 26.1 Å². The van der Waals surface area contributed by atoms with Gasteiger partial charge in [0.25, 0.3) is 0 Å². The van der Waals surface area contributed by atoms with E-state index in [4.69, 9.17) is 4.74 Å². The number of amides is 1. The Morgan fingerprint density at radius 1 is 1.64 bits per heavy atom. The zero-order chi connectivity index (χ0) is 10.6. The lowest BCUT2D eigenvalue weighted by Gasteiger charge is -2.21. The van der Waals surface area contributed by atoms with Gasteiger partial charge in [-0.2, -0.15) is 0 Å². The standard InChI is InChI=1S/C10H20N2O2/c1-8(2)7-12(3)10(13)14-9-4-5-11-6-9/h8-9,11H,4-7H2,1-3H3. The van der Waals surface area contributed by atoms with E-state index in [9.17, 15) is 4.79 Å². The molecule has 0 bridgehead atoms. The lowest BCUT2D eigenvalue weighted by Crippen LogP contribution is -2.34. The third-order valence-electron chi connectivity index (χ3n) is 2.23. The van der Waals surface area contributed by atoms with E-state index in [2.05, 4.69) is 19.2 Å². The lowest BCUT2D eigenvalue weighted by molar-refractivity contribution is 0.0744. The Bertz CT molecular complexity index is 189. The molecular weight excluding hydrogens is 180 g/mol. The average Bonchev–Trinajstić information content (AvgIpc) is 2.55. The molecule has 0 saturated carbocycles. The maximum Gasteiger partial charge on any atom is 0.409 e. The van der Waals surface area contributed by atoms with E-state index in [0.29, 0.717) is 5.92 Å². The van der Waals surface area contributed by atoms with E-state index in [1.807, 2.05) is 0 Å². The molecule has 1 fully saturated rings. The minimum Gasteiger partial charge on any atom is -0.445 e. The predicted octanol–water partition coefficient (Wildman–Crippen LogP) is 1.07. The molecule has 4 heteroatoms. The summed E-state index contributed by atoms with van der Waals surface area (Å²) in [6.07, 6.45) is 0.797. The first-order valence-corrected chi connectivity index (χ1v) is 5.22. The van der Waals surface area contributed by atoms with Gasteiger partial charge >= 0.3 is 6.09 Å². The van der Waals surface area contributed by atoms with Gasteiger partial charge in [-0.15, -0.1) is 0 Å². The van der Waals surface area contributed by atoms with Crippen LogP contribution in [0.4, 0.5) is 4.79 Å². The molecule has 0 aromatic rings. The van der Waals surface area contributed by atoms with Crippen LogP contribution < -0.4 is 5.32 Å². The largest absolute Gasteiger partial charge is 0.445 e. The molecule has 82 valence electrons. The fourth-order valence-corrected chi connectivity index (χ4v) is 1.58. The molecule has 1 amide bonds. The van der Waals surface area contributed by atoms with Crippen molar-refractivity contribution in [3.8, 4) is 0 Å². The Kier molecular flexibility index (Phi) is 4.20. The van der Waals surface area contributed by atoms with Crippen LogP contribution in [0.15, 0.2) is 0 Å². The first-order chi connectivity index (χ1) is 6.59. The summed E-state index contributed by atoms with van der Waals surface area (Å²) in [6, 6.07) is 0. The second kappa shape index (κ2) is 5.20. The van der Waals surface area contributed by atoms with Gasteiger partial charge in [-0.25, -0.2) is 4.79 Å². The number of rotatable bonds is 3. The van der Waals surface area contributed by atoms with Crippen LogP contribution in [-0.2, 0) is 4.74 Å². The summed E-state index contributed by atoms with van der Waals surface area (Å²) in [5, 5.41) is 3.16. The summed E-state index contributed by atoms with van der Waals surface area (Å²) >= 11 is 0. The van der Waals surface area contributed by atoms with Crippen LogP contribution in [0.25, 0.3) is 0 Å². The Hall–Kier alpha value is -0.770. The van der Waals surface area contributed by atoms with Gasteiger partial charge in [-0.05, 0) is 18.9 Å². The number of nitrogens with one attached hydrogen (secondary N) is 1. The van der Waals surface area contributed by atoms with Crippen molar-refractivity contribution < 1.29 is 9.53 Å². The van der Waals surface area contributed by atoms with Crippen molar-refractivity contribution in [3.63, 3.8) is 0 Å². The van der Waals surface area contributed by atoms with Crippen LogP contribution in [0.1, 0.15) is 20.3 Å². The molecule has 0 spiro atoms. The SMILES string of the molecule is CC(C)CN(C)C(=O)OC1CCNC1. The van der Waals surface area contributed by atoms with Gasteiger partial charge in [0.2, 0.25) is 0 Å². The van der Waals surface area contributed by atoms with E-state index >= 15 is 0 Å². The number of hydrogen-bond donors (Lipinski definition) is 1. The third-order valence-corrected chi connectivity index (χ3v) is 2.23. The third kappa shape index (κ3) is 3.54. The fourth-order valence-electron chi connectivity index (χ4n) is 1.58. The predicted molar refractivity (Wildman–Crippen MR) is 55.2 cm³/mol. The number of carbonyl (C=O) groups is 1. The molecule has 0 aliphatic carbocycles. The zero-order valence-corrected chi connectivity index (χ0v) is 9.25. The molecule has 1 saturated heterocycles. The van der Waals surface area contributed by atoms with Gasteiger partial charge < -0.3 is 15.0 Å². The molecule has 14 heavy (non-hydrogen) atoms. The van der Waals surface area contributed by atoms with Crippen molar-refractivity contribution in [2.75, 3.05) is 26.7 Å². The topological polar surface area (TPSA) is 41.6 Å². The molecule has 0 aromatic carbocycles. The van der Waals surface area contributed by atoms with Crippen molar-refractivity contribution in [2.45, 2.75) is 26.4 Å². The van der Waals surface area contributed by atoms with Crippen molar-refractivity contribution in [3.05, 3.63) is 0 Å². The van der Waals surface area contributed by atoms with E-state index in [-0.39, 0.29) is 12.2 Å². The van der Waals surface area contributed by atoms with Crippen LogP contribution >= 0.6 is 0 Å². The normalized spacial score (nSPS) is 21.3. The van der Waals surface area contributed by atoms with Crippen molar-refractivity contribution in [1.29, 1.82) is 0 Å². The van der Waals surface area contributed by atoms with Crippen LogP contribution in [-0.4, -0.2) is 43.8 Å². The minimum atomic E-state index is -0.201. The Balaban J connectivity index is 2.25. The number of ether oxygens (including phenoxy) is 1. The Morgan fingerprint density at radius 3 is 2.86 bits per heavy atom. The molecule has 1 N–H and O–H groups in total. The van der Waals surface area contributed by atoms with Crippen molar-refractivity contribution in [1.82, 2.24) is 10.2 Å². The molecule has 4 nitrogen and oxygen atoms in total. The molecule has 1 aliphatic heterocycles. The number of nitrogens with zero attached hydrogens (tertiary/aromatic N) is 1. The Labute approximate surface area is 85.6 Å². The summed E-state index contributed by atoms with van der Waals surface area (Å²) in [5.41, 5.74) is 0. The second-order valence-corrected chi connectivity index (χ2v) is 4.27. The monoisotopic (exact) mass is 200 g/mol. The van der Waals surface area contributed by atoms with Crippen LogP contribution in [0.2, 0.25) is 0 Å². The fraction of sp³-hybridized carbons (Fsp3) is 0.900. The summed E-state index contributed by atoms with van der Waals surface area (Å²) in [6.45, 7) is 6.66. The van der Waals surface area contributed by atoms with Crippen LogP contribution in [0, 0.1) is 5.92 Å². The maximum absolute atomic E-state index is 11.5. The van der Waals surface area contributed by atoms with Crippen molar-refractivity contribution in [2.24, 2.45) is 5.92 Å². The number of hydrogen-bond acceptors (Lipinski definition) is 3. The molecule has 0 radical (unpaired) electrons. The first kappa shape index (κ1) is 11.3.